The summed E-state index contributed by atoms with van der Waals surface area (Å²) in [6.07, 6.45) is 7.51. The number of alkyl halides is 1. The number of halogens is 1. The number of rotatable bonds is 9. The number of hydrogen-bond acceptors (Lipinski definition) is 1. The van der Waals surface area contributed by atoms with E-state index in [2.05, 4.69) is 26.1 Å². The average molecular weight is 248 g/mol. The van der Waals surface area contributed by atoms with Crippen LogP contribution in [0.3, 0.4) is 0 Å². The van der Waals surface area contributed by atoms with Gasteiger partial charge in [0.15, 0.2) is 0 Å². The van der Waals surface area contributed by atoms with Crippen LogP contribution in [0.2, 0.25) is 0 Å². The van der Waals surface area contributed by atoms with Crippen molar-refractivity contribution < 1.29 is 4.79 Å². The Morgan fingerprint density at radius 3 is 2.44 bits per heavy atom. The summed E-state index contributed by atoms with van der Waals surface area (Å²) in [6, 6.07) is 0. The first-order valence-electron chi connectivity index (χ1n) is 6.34. The predicted octanol–water partition coefficient (Wildman–Crippen LogP) is 3.73. The van der Waals surface area contributed by atoms with E-state index in [1.54, 1.807) is 0 Å². The molecule has 0 spiro atoms. The minimum absolute atomic E-state index is 0.0663. The fourth-order valence-corrected chi connectivity index (χ4v) is 1.84. The van der Waals surface area contributed by atoms with Crippen LogP contribution in [0.15, 0.2) is 0 Å². The summed E-state index contributed by atoms with van der Waals surface area (Å²) in [7, 11) is 0. The molecule has 1 amide bonds. The minimum Gasteiger partial charge on any atom is -0.355 e. The molecule has 0 saturated carbocycles. The Balaban J connectivity index is 3.57. The van der Waals surface area contributed by atoms with Crippen LogP contribution < -0.4 is 5.32 Å². The van der Waals surface area contributed by atoms with Crippen LogP contribution >= 0.6 is 11.6 Å². The van der Waals surface area contributed by atoms with Gasteiger partial charge >= 0.3 is 0 Å². The van der Waals surface area contributed by atoms with Crippen molar-refractivity contribution in [2.45, 2.75) is 59.3 Å². The lowest BCUT2D eigenvalue weighted by atomic mass is 9.83. The highest BCUT2D eigenvalue weighted by atomic mass is 35.5. The topological polar surface area (TPSA) is 29.1 Å². The lowest BCUT2D eigenvalue weighted by Gasteiger charge is -2.24. The summed E-state index contributed by atoms with van der Waals surface area (Å²) in [4.78, 5) is 11.0. The van der Waals surface area contributed by atoms with E-state index in [1.807, 2.05) is 0 Å². The van der Waals surface area contributed by atoms with E-state index >= 15 is 0 Å². The molecule has 0 atom stereocenters. The number of amides is 1. The summed E-state index contributed by atoms with van der Waals surface area (Å²) < 4.78 is 0. The zero-order valence-corrected chi connectivity index (χ0v) is 11.7. The van der Waals surface area contributed by atoms with Crippen LogP contribution in [0.25, 0.3) is 0 Å². The van der Waals surface area contributed by atoms with Gasteiger partial charge in [-0.2, -0.15) is 0 Å². The van der Waals surface area contributed by atoms with Crippen LogP contribution in [0.4, 0.5) is 0 Å². The first kappa shape index (κ1) is 15.8. The number of unbranched alkanes of at least 4 members (excludes halogenated alkanes) is 3. The van der Waals surface area contributed by atoms with E-state index in [1.165, 1.54) is 32.1 Å². The molecule has 1 N–H and O–H groups in total. The van der Waals surface area contributed by atoms with Crippen LogP contribution in [-0.2, 0) is 4.79 Å². The molecule has 0 aromatic heterocycles. The monoisotopic (exact) mass is 247 g/mol. The van der Waals surface area contributed by atoms with Gasteiger partial charge in [0.2, 0.25) is 5.91 Å². The molecule has 16 heavy (non-hydrogen) atoms. The van der Waals surface area contributed by atoms with Gasteiger partial charge in [-0.05, 0) is 18.3 Å². The third-order valence-electron chi connectivity index (χ3n) is 2.95. The van der Waals surface area contributed by atoms with E-state index in [-0.39, 0.29) is 11.8 Å². The zero-order valence-electron chi connectivity index (χ0n) is 10.9. The van der Waals surface area contributed by atoms with Crippen LogP contribution in [0, 0.1) is 5.41 Å². The summed E-state index contributed by atoms with van der Waals surface area (Å²) >= 11 is 5.41. The van der Waals surface area contributed by atoms with E-state index in [9.17, 15) is 4.79 Å². The minimum atomic E-state index is -0.0663. The van der Waals surface area contributed by atoms with Gasteiger partial charge in [0.1, 0.15) is 5.88 Å². The maximum absolute atomic E-state index is 11.0. The van der Waals surface area contributed by atoms with E-state index < -0.39 is 0 Å². The van der Waals surface area contributed by atoms with Crippen molar-refractivity contribution in [1.29, 1.82) is 0 Å². The molecule has 0 aliphatic carbocycles. The molecule has 0 aromatic carbocycles. The lowest BCUT2D eigenvalue weighted by molar-refractivity contribution is -0.118. The quantitative estimate of drug-likeness (QED) is 0.488. The fraction of sp³-hybridized carbons (Fsp3) is 0.923. The molecule has 0 heterocycles. The summed E-state index contributed by atoms with van der Waals surface area (Å²) in [5.74, 6) is 0.000147. The predicted molar refractivity (Wildman–Crippen MR) is 70.9 cm³/mol. The Hall–Kier alpha value is -0.240. The molecule has 0 aliphatic rings. The maximum Gasteiger partial charge on any atom is 0.234 e. The molecule has 0 aromatic rings. The Kier molecular flexibility index (Phi) is 8.73. The Morgan fingerprint density at radius 2 is 1.88 bits per heavy atom. The van der Waals surface area contributed by atoms with Gasteiger partial charge < -0.3 is 5.32 Å². The van der Waals surface area contributed by atoms with Crippen molar-refractivity contribution in [3.8, 4) is 0 Å². The van der Waals surface area contributed by atoms with Gasteiger partial charge in [-0.25, -0.2) is 0 Å². The first-order chi connectivity index (χ1) is 7.52. The number of carbonyl (C=O) groups is 1. The van der Waals surface area contributed by atoms with Crippen molar-refractivity contribution in [1.82, 2.24) is 5.32 Å². The van der Waals surface area contributed by atoms with Gasteiger partial charge in [0, 0.05) is 6.54 Å². The number of carbonyl (C=O) groups excluding carboxylic acids is 1. The second-order valence-electron chi connectivity index (χ2n) is 5.21. The highest BCUT2D eigenvalue weighted by Crippen LogP contribution is 2.27. The van der Waals surface area contributed by atoms with Crippen molar-refractivity contribution in [2.24, 2.45) is 5.41 Å². The molecular formula is C13H26ClNO. The van der Waals surface area contributed by atoms with Crippen LogP contribution in [0.5, 0.6) is 0 Å². The van der Waals surface area contributed by atoms with Crippen LogP contribution in [-0.4, -0.2) is 18.3 Å². The smallest absolute Gasteiger partial charge is 0.234 e. The summed E-state index contributed by atoms with van der Waals surface area (Å²) in [5, 5.41) is 2.82. The third-order valence-corrected chi connectivity index (χ3v) is 3.20. The summed E-state index contributed by atoms with van der Waals surface area (Å²) in [5.41, 5.74) is 0.327. The average Bonchev–Trinajstić information content (AvgIpc) is 2.24. The molecule has 0 bridgehead atoms. The van der Waals surface area contributed by atoms with Gasteiger partial charge in [-0.15, -0.1) is 11.6 Å². The Labute approximate surface area is 105 Å². The van der Waals surface area contributed by atoms with Crippen molar-refractivity contribution >= 4 is 17.5 Å². The highest BCUT2D eigenvalue weighted by molar-refractivity contribution is 6.27. The number of nitrogens with one attached hydrogen (secondary N) is 1. The molecule has 0 radical (unpaired) electrons. The second kappa shape index (κ2) is 8.86. The van der Waals surface area contributed by atoms with Crippen molar-refractivity contribution in [3.05, 3.63) is 0 Å². The third kappa shape index (κ3) is 9.02. The van der Waals surface area contributed by atoms with Gasteiger partial charge in [-0.1, -0.05) is 46.5 Å². The Morgan fingerprint density at radius 1 is 1.19 bits per heavy atom. The molecule has 2 nitrogen and oxygen atoms in total. The molecular weight excluding hydrogens is 222 g/mol. The second-order valence-corrected chi connectivity index (χ2v) is 5.48. The molecule has 0 saturated heterocycles. The molecule has 0 aliphatic heterocycles. The van der Waals surface area contributed by atoms with Gasteiger partial charge in [-0.3, -0.25) is 4.79 Å². The van der Waals surface area contributed by atoms with Gasteiger partial charge in [0.05, 0.1) is 0 Å². The number of hydrogen-bond donors (Lipinski definition) is 1. The fourth-order valence-electron chi connectivity index (χ4n) is 1.74. The Bertz CT molecular complexity index is 192. The molecule has 96 valence electrons. The van der Waals surface area contributed by atoms with Gasteiger partial charge in [0.25, 0.3) is 0 Å². The largest absolute Gasteiger partial charge is 0.355 e. The van der Waals surface area contributed by atoms with E-state index in [0.29, 0.717) is 5.41 Å². The normalized spacial score (nSPS) is 11.5. The lowest BCUT2D eigenvalue weighted by Crippen LogP contribution is -2.28. The summed E-state index contributed by atoms with van der Waals surface area (Å²) in [6.45, 7) is 7.51. The van der Waals surface area contributed by atoms with Crippen molar-refractivity contribution in [2.75, 3.05) is 12.4 Å². The SMILES string of the molecule is CCCCCCC(C)(C)CCNC(=O)CCl. The van der Waals surface area contributed by atoms with E-state index in [4.69, 9.17) is 11.6 Å². The maximum atomic E-state index is 11.0. The first-order valence-corrected chi connectivity index (χ1v) is 6.88. The zero-order chi connectivity index (χ0) is 12.4. The van der Waals surface area contributed by atoms with E-state index in [0.717, 1.165) is 13.0 Å². The standard InChI is InChI=1S/C13H26ClNO/c1-4-5-6-7-8-13(2,3)9-10-15-12(16)11-14/h4-11H2,1-3H3,(H,15,16). The molecule has 0 rings (SSSR count). The van der Waals surface area contributed by atoms with Crippen LogP contribution in [0.1, 0.15) is 59.3 Å². The molecule has 0 fully saturated rings. The molecule has 0 unspecified atom stereocenters. The van der Waals surface area contributed by atoms with Crippen molar-refractivity contribution in [3.63, 3.8) is 0 Å². The molecule has 3 heteroatoms. The highest BCUT2D eigenvalue weighted by Gasteiger charge is 2.16.